The van der Waals surface area contributed by atoms with Gasteiger partial charge in [0.05, 0.1) is 6.10 Å². The number of nitrogens with one attached hydrogen (secondary N) is 1. The third-order valence-corrected chi connectivity index (χ3v) is 2.57. The monoisotopic (exact) mass is 272 g/mol. The number of aliphatic hydroxyl groups is 2. The van der Waals surface area contributed by atoms with Crippen molar-refractivity contribution >= 4 is 15.9 Å². The van der Waals surface area contributed by atoms with Crippen LogP contribution in [-0.2, 0) is 0 Å². The molecule has 0 saturated carbocycles. The van der Waals surface area contributed by atoms with Crippen LogP contribution in [-0.4, -0.2) is 26.6 Å². The van der Waals surface area contributed by atoms with Gasteiger partial charge in [0.25, 0.3) is 5.56 Å². The second-order valence-electron chi connectivity index (χ2n) is 2.95. The van der Waals surface area contributed by atoms with Gasteiger partial charge in [0.1, 0.15) is 17.7 Å². The molecule has 1 rings (SSSR count). The Morgan fingerprint density at radius 2 is 2.27 bits per heavy atom. The quantitative estimate of drug-likeness (QED) is 0.677. The molecule has 0 aliphatic heterocycles. The van der Waals surface area contributed by atoms with Gasteiger partial charge in [-0.25, -0.2) is 0 Å². The molecule has 0 bridgehead atoms. The molecule has 6 heteroatoms. The highest BCUT2D eigenvalue weighted by Gasteiger charge is 2.18. The summed E-state index contributed by atoms with van der Waals surface area (Å²) in [5.74, 6) is 0. The lowest BCUT2D eigenvalue weighted by Gasteiger charge is -2.15. The van der Waals surface area contributed by atoms with Crippen LogP contribution in [0, 0.1) is 11.3 Å². The van der Waals surface area contributed by atoms with Gasteiger partial charge in [0.15, 0.2) is 0 Å². The average Bonchev–Trinajstić information content (AvgIpc) is 2.27. The molecule has 1 aromatic heterocycles. The van der Waals surface area contributed by atoms with Gasteiger partial charge in [-0.15, -0.1) is 0 Å². The fraction of sp³-hybridized carbons (Fsp3) is 0.333. The summed E-state index contributed by atoms with van der Waals surface area (Å²) in [5, 5.41) is 27.7. The van der Waals surface area contributed by atoms with Crippen molar-refractivity contribution in [3.05, 3.63) is 33.7 Å². The maximum Gasteiger partial charge on any atom is 0.265 e. The summed E-state index contributed by atoms with van der Waals surface area (Å²) in [6.07, 6.45) is -0.838. The van der Waals surface area contributed by atoms with Crippen molar-refractivity contribution in [1.29, 1.82) is 5.26 Å². The minimum atomic E-state index is -1.13. The Kier molecular flexibility index (Phi) is 4.03. The van der Waals surface area contributed by atoms with Crippen LogP contribution in [0.1, 0.15) is 17.2 Å². The van der Waals surface area contributed by atoms with Crippen molar-refractivity contribution in [2.75, 3.05) is 5.33 Å². The van der Waals surface area contributed by atoms with Crippen molar-refractivity contribution < 1.29 is 10.2 Å². The molecule has 0 spiro atoms. The SMILES string of the molecule is N#Cc1cc(C(O)C(O)CBr)c[nH]c1=O. The van der Waals surface area contributed by atoms with Gasteiger partial charge in [-0.05, 0) is 6.07 Å². The van der Waals surface area contributed by atoms with E-state index in [4.69, 9.17) is 5.26 Å². The van der Waals surface area contributed by atoms with Crippen LogP contribution in [0.15, 0.2) is 17.1 Å². The number of nitriles is 1. The number of aromatic amines is 1. The molecule has 2 unspecified atom stereocenters. The largest absolute Gasteiger partial charge is 0.389 e. The lowest BCUT2D eigenvalue weighted by molar-refractivity contribution is 0.0340. The van der Waals surface area contributed by atoms with E-state index in [-0.39, 0.29) is 10.9 Å². The molecule has 0 fully saturated rings. The molecule has 2 atom stereocenters. The number of pyridine rings is 1. The summed E-state index contributed by atoms with van der Waals surface area (Å²) in [6.45, 7) is 0. The van der Waals surface area contributed by atoms with E-state index in [9.17, 15) is 15.0 Å². The van der Waals surface area contributed by atoms with E-state index in [2.05, 4.69) is 20.9 Å². The highest BCUT2D eigenvalue weighted by Crippen LogP contribution is 2.16. The summed E-state index contributed by atoms with van der Waals surface area (Å²) >= 11 is 3.02. The molecule has 0 radical (unpaired) electrons. The first-order chi connectivity index (χ1) is 7.10. The second kappa shape index (κ2) is 5.07. The van der Waals surface area contributed by atoms with Crippen LogP contribution < -0.4 is 5.56 Å². The third-order valence-electron chi connectivity index (χ3n) is 1.91. The summed E-state index contributed by atoms with van der Waals surface area (Å²) in [5.41, 5.74) is -0.298. The molecule has 3 N–H and O–H groups in total. The normalized spacial score (nSPS) is 14.3. The summed E-state index contributed by atoms with van der Waals surface area (Å²) in [6, 6.07) is 2.96. The average molecular weight is 273 g/mol. The molecule has 0 saturated heterocycles. The van der Waals surface area contributed by atoms with E-state index in [1.807, 2.05) is 0 Å². The fourth-order valence-electron chi connectivity index (χ4n) is 1.06. The van der Waals surface area contributed by atoms with Gasteiger partial charge in [0.2, 0.25) is 0 Å². The molecule has 5 nitrogen and oxygen atoms in total. The molecule has 0 aliphatic carbocycles. The molecular weight excluding hydrogens is 264 g/mol. The second-order valence-corrected chi connectivity index (χ2v) is 3.60. The molecule has 0 aliphatic rings. The predicted molar refractivity (Wildman–Crippen MR) is 56.5 cm³/mol. The molecule has 0 aromatic carbocycles. The lowest BCUT2D eigenvalue weighted by atomic mass is 10.1. The highest BCUT2D eigenvalue weighted by atomic mass is 79.9. The molecule has 0 amide bonds. The summed E-state index contributed by atoms with van der Waals surface area (Å²) in [7, 11) is 0. The van der Waals surface area contributed by atoms with E-state index >= 15 is 0 Å². The minimum absolute atomic E-state index is 0.0895. The number of halogens is 1. The highest BCUT2D eigenvalue weighted by molar-refractivity contribution is 9.09. The fourth-order valence-corrected chi connectivity index (χ4v) is 1.41. The Morgan fingerprint density at radius 3 is 2.80 bits per heavy atom. The van der Waals surface area contributed by atoms with E-state index < -0.39 is 17.8 Å². The molecule has 80 valence electrons. The number of nitrogens with zero attached hydrogens (tertiary/aromatic N) is 1. The van der Waals surface area contributed by atoms with Crippen molar-refractivity contribution in [3.8, 4) is 6.07 Å². The molecule has 1 heterocycles. The van der Waals surface area contributed by atoms with Gasteiger partial charge in [-0.1, -0.05) is 15.9 Å². The number of H-pyrrole nitrogens is 1. The Hall–Kier alpha value is -1.16. The zero-order chi connectivity index (χ0) is 11.4. The van der Waals surface area contributed by atoms with E-state index in [0.717, 1.165) is 0 Å². The Morgan fingerprint density at radius 1 is 1.60 bits per heavy atom. The van der Waals surface area contributed by atoms with Gasteiger partial charge < -0.3 is 15.2 Å². The first kappa shape index (κ1) is 11.9. The number of aliphatic hydroxyl groups excluding tert-OH is 2. The first-order valence-corrected chi connectivity index (χ1v) is 5.27. The van der Waals surface area contributed by atoms with Gasteiger partial charge in [0, 0.05) is 17.1 Å². The number of alkyl halides is 1. The Balaban J connectivity index is 3.07. The van der Waals surface area contributed by atoms with Crippen LogP contribution >= 0.6 is 15.9 Å². The van der Waals surface area contributed by atoms with Gasteiger partial charge >= 0.3 is 0 Å². The number of rotatable bonds is 3. The smallest absolute Gasteiger partial charge is 0.265 e. The standard InChI is InChI=1S/C9H9BrN2O3/c10-2-7(13)8(14)6-1-5(3-11)9(15)12-4-6/h1,4,7-8,13-14H,2H2,(H,12,15). The van der Waals surface area contributed by atoms with E-state index in [1.165, 1.54) is 12.3 Å². The van der Waals surface area contributed by atoms with E-state index in [1.54, 1.807) is 6.07 Å². The first-order valence-electron chi connectivity index (χ1n) is 4.15. The van der Waals surface area contributed by atoms with Gasteiger partial charge in [-0.2, -0.15) is 5.26 Å². The van der Waals surface area contributed by atoms with Crippen LogP contribution in [0.2, 0.25) is 0 Å². The molecule has 1 aromatic rings. The predicted octanol–water partition coefficient (Wildman–Crippen LogP) is 0.0358. The van der Waals surface area contributed by atoms with Crippen molar-refractivity contribution in [2.45, 2.75) is 12.2 Å². The maximum atomic E-state index is 11.0. The van der Waals surface area contributed by atoms with Crippen molar-refractivity contribution in [3.63, 3.8) is 0 Å². The van der Waals surface area contributed by atoms with Crippen molar-refractivity contribution in [2.24, 2.45) is 0 Å². The Labute approximate surface area is 94.1 Å². The summed E-state index contributed by atoms with van der Waals surface area (Å²) < 4.78 is 0. The van der Waals surface area contributed by atoms with Gasteiger partial charge in [-0.3, -0.25) is 4.79 Å². The summed E-state index contributed by atoms with van der Waals surface area (Å²) in [4.78, 5) is 13.3. The zero-order valence-corrected chi connectivity index (χ0v) is 9.23. The van der Waals surface area contributed by atoms with Crippen LogP contribution in [0.5, 0.6) is 0 Å². The van der Waals surface area contributed by atoms with Crippen molar-refractivity contribution in [1.82, 2.24) is 4.98 Å². The minimum Gasteiger partial charge on any atom is -0.389 e. The topological polar surface area (TPSA) is 97.1 Å². The number of aromatic nitrogens is 1. The van der Waals surface area contributed by atoms with Crippen LogP contribution in [0.4, 0.5) is 0 Å². The number of hydrogen-bond donors (Lipinski definition) is 3. The number of hydrogen-bond acceptors (Lipinski definition) is 4. The molecular formula is C9H9BrN2O3. The molecule has 15 heavy (non-hydrogen) atoms. The maximum absolute atomic E-state index is 11.0. The lowest BCUT2D eigenvalue weighted by Crippen LogP contribution is -2.21. The van der Waals surface area contributed by atoms with Crippen LogP contribution in [0.3, 0.4) is 0 Å². The van der Waals surface area contributed by atoms with E-state index in [0.29, 0.717) is 5.56 Å². The zero-order valence-electron chi connectivity index (χ0n) is 7.64. The third kappa shape index (κ3) is 2.65. The van der Waals surface area contributed by atoms with Crippen LogP contribution in [0.25, 0.3) is 0 Å². The Bertz CT molecular complexity index is 438.